The van der Waals surface area contributed by atoms with Crippen LogP contribution in [0.15, 0.2) is 48.5 Å². The van der Waals surface area contributed by atoms with E-state index >= 15 is 0 Å². The lowest BCUT2D eigenvalue weighted by Gasteiger charge is -2.24. The van der Waals surface area contributed by atoms with E-state index in [4.69, 9.17) is 4.74 Å². The summed E-state index contributed by atoms with van der Waals surface area (Å²) in [6.45, 7) is 1.85. The van der Waals surface area contributed by atoms with Gasteiger partial charge in [-0.25, -0.2) is 4.79 Å². The number of ether oxygens (including phenoxy) is 2. The number of aryl methyl sites for hydroxylation is 1. The molecule has 0 unspecified atom stereocenters. The number of para-hydroxylation sites is 2. The summed E-state index contributed by atoms with van der Waals surface area (Å²) in [5.41, 5.74) is 1.49. The Balaban J connectivity index is 2.40. The van der Waals surface area contributed by atoms with E-state index in [0.717, 1.165) is 5.56 Å². The van der Waals surface area contributed by atoms with E-state index in [1.54, 1.807) is 30.3 Å². The monoisotopic (exact) mass is 302 g/mol. The molecule has 0 heterocycles. The molecular weight excluding hydrogens is 284 g/mol. The highest BCUT2D eigenvalue weighted by atomic mass is 16.6. The molecule has 5 heteroatoms. The third kappa shape index (κ3) is 3.38. The van der Waals surface area contributed by atoms with Crippen LogP contribution >= 0.6 is 0 Å². The third-order valence-electron chi connectivity index (χ3n) is 3.34. The molecule has 2 N–H and O–H groups in total. The second-order valence-corrected chi connectivity index (χ2v) is 4.83. The zero-order valence-electron chi connectivity index (χ0n) is 12.4. The van der Waals surface area contributed by atoms with Crippen LogP contribution in [0.25, 0.3) is 0 Å². The number of phenolic OH excluding ortho intramolecular Hbond substituents is 1. The number of aliphatic hydroxyl groups excluding tert-OH is 1. The van der Waals surface area contributed by atoms with E-state index in [1.165, 1.54) is 13.2 Å². The summed E-state index contributed by atoms with van der Waals surface area (Å²) in [5.74, 6) is -0.694. The van der Waals surface area contributed by atoms with Crippen molar-refractivity contribution >= 4 is 5.97 Å². The van der Waals surface area contributed by atoms with Crippen LogP contribution in [0.2, 0.25) is 0 Å². The van der Waals surface area contributed by atoms with Gasteiger partial charge in [0.2, 0.25) is 0 Å². The Hall–Kier alpha value is -2.53. The van der Waals surface area contributed by atoms with Crippen molar-refractivity contribution in [3.8, 4) is 11.5 Å². The molecule has 0 aliphatic carbocycles. The fourth-order valence-electron chi connectivity index (χ4n) is 2.14. The number of benzene rings is 2. The van der Waals surface area contributed by atoms with Crippen molar-refractivity contribution in [1.29, 1.82) is 0 Å². The summed E-state index contributed by atoms with van der Waals surface area (Å²) in [4.78, 5) is 11.7. The number of phenols is 1. The van der Waals surface area contributed by atoms with Gasteiger partial charge in [0.05, 0.1) is 7.11 Å². The van der Waals surface area contributed by atoms with Gasteiger partial charge in [0.1, 0.15) is 0 Å². The molecule has 0 radical (unpaired) electrons. The van der Waals surface area contributed by atoms with Crippen molar-refractivity contribution in [2.45, 2.75) is 19.1 Å². The Kier molecular flexibility index (Phi) is 5.01. The number of carbonyl (C=O) groups excluding carboxylic acids is 1. The first-order valence-electron chi connectivity index (χ1n) is 6.80. The maximum atomic E-state index is 11.7. The number of rotatable bonds is 5. The highest BCUT2D eigenvalue weighted by Gasteiger charge is 2.32. The van der Waals surface area contributed by atoms with Gasteiger partial charge in [-0.1, -0.05) is 36.4 Å². The van der Waals surface area contributed by atoms with Crippen LogP contribution in [0, 0.1) is 6.92 Å². The van der Waals surface area contributed by atoms with Gasteiger partial charge < -0.3 is 19.7 Å². The number of hydrogen-bond donors (Lipinski definition) is 2. The van der Waals surface area contributed by atoms with E-state index in [-0.39, 0.29) is 11.5 Å². The molecular formula is C17H18O5. The lowest BCUT2D eigenvalue weighted by molar-refractivity contribution is -0.155. The van der Waals surface area contributed by atoms with E-state index < -0.39 is 18.2 Å². The molecule has 0 bridgehead atoms. The number of carbonyl (C=O) groups is 1. The highest BCUT2D eigenvalue weighted by molar-refractivity contribution is 5.75. The van der Waals surface area contributed by atoms with Gasteiger partial charge in [-0.2, -0.15) is 0 Å². The normalized spacial score (nSPS) is 13.2. The number of aliphatic hydroxyl groups is 1. The topological polar surface area (TPSA) is 76.0 Å². The molecule has 2 atom stereocenters. The largest absolute Gasteiger partial charge is 0.504 e. The fourth-order valence-corrected chi connectivity index (χ4v) is 2.14. The molecule has 0 aliphatic heterocycles. The van der Waals surface area contributed by atoms with Gasteiger partial charge in [-0.3, -0.25) is 0 Å². The minimum atomic E-state index is -1.51. The maximum absolute atomic E-state index is 11.7. The average Bonchev–Trinajstić information content (AvgIpc) is 2.53. The summed E-state index contributed by atoms with van der Waals surface area (Å²) < 4.78 is 10.3. The van der Waals surface area contributed by atoms with E-state index in [2.05, 4.69) is 4.74 Å². The molecule has 0 spiro atoms. The van der Waals surface area contributed by atoms with Crippen LogP contribution in [0.4, 0.5) is 0 Å². The van der Waals surface area contributed by atoms with Crippen molar-refractivity contribution in [1.82, 2.24) is 0 Å². The average molecular weight is 302 g/mol. The van der Waals surface area contributed by atoms with Gasteiger partial charge >= 0.3 is 5.97 Å². The van der Waals surface area contributed by atoms with E-state index in [1.807, 2.05) is 19.1 Å². The van der Waals surface area contributed by atoms with Crippen LogP contribution in [-0.2, 0) is 9.53 Å². The Labute approximate surface area is 128 Å². The standard InChI is InChI=1S/C17H18O5/c1-11-7-3-4-8-12(11)16(15(19)17(20)21-2)22-14-10-6-5-9-13(14)18/h3-10,15-16,18-19H,1-2H3/t15-,16+/m0/s1. The first-order chi connectivity index (χ1) is 10.5. The van der Waals surface area contributed by atoms with Crippen LogP contribution in [0.1, 0.15) is 17.2 Å². The third-order valence-corrected chi connectivity index (χ3v) is 3.34. The molecule has 2 rings (SSSR count). The number of hydrogen-bond acceptors (Lipinski definition) is 5. The Bertz CT molecular complexity index is 653. The fraction of sp³-hybridized carbons (Fsp3) is 0.235. The summed E-state index contributed by atoms with van der Waals surface area (Å²) >= 11 is 0. The maximum Gasteiger partial charge on any atom is 0.339 e. The number of methoxy groups -OCH3 is 1. The molecule has 0 aliphatic rings. The van der Waals surface area contributed by atoms with Crippen molar-refractivity contribution in [2.24, 2.45) is 0 Å². The molecule has 0 fully saturated rings. The Morgan fingerprint density at radius 3 is 2.36 bits per heavy atom. The summed E-state index contributed by atoms with van der Waals surface area (Å²) in [6, 6.07) is 13.6. The lowest BCUT2D eigenvalue weighted by atomic mass is 9.99. The first-order valence-corrected chi connectivity index (χ1v) is 6.80. The molecule has 116 valence electrons. The zero-order valence-corrected chi connectivity index (χ0v) is 12.4. The van der Waals surface area contributed by atoms with Crippen molar-refractivity contribution in [3.05, 3.63) is 59.7 Å². The van der Waals surface area contributed by atoms with Gasteiger partial charge in [0, 0.05) is 0 Å². The molecule has 0 saturated carbocycles. The summed E-state index contributed by atoms with van der Waals surface area (Å²) in [7, 11) is 1.19. The van der Waals surface area contributed by atoms with Crippen molar-refractivity contribution in [3.63, 3.8) is 0 Å². The molecule has 5 nitrogen and oxygen atoms in total. The second-order valence-electron chi connectivity index (χ2n) is 4.83. The van der Waals surface area contributed by atoms with Gasteiger partial charge in [-0.05, 0) is 30.2 Å². The van der Waals surface area contributed by atoms with Crippen molar-refractivity contribution in [2.75, 3.05) is 7.11 Å². The molecule has 0 saturated heterocycles. The van der Waals surface area contributed by atoms with Gasteiger partial charge in [0.25, 0.3) is 0 Å². The molecule has 0 amide bonds. The summed E-state index contributed by atoms with van der Waals surface area (Å²) in [6.07, 6.45) is -2.49. The summed E-state index contributed by atoms with van der Waals surface area (Å²) in [5, 5.41) is 20.1. The van der Waals surface area contributed by atoms with E-state index in [0.29, 0.717) is 5.56 Å². The predicted molar refractivity (Wildman–Crippen MR) is 80.7 cm³/mol. The first kappa shape index (κ1) is 15.9. The Morgan fingerprint density at radius 2 is 1.73 bits per heavy atom. The molecule has 2 aromatic carbocycles. The highest BCUT2D eigenvalue weighted by Crippen LogP contribution is 2.32. The van der Waals surface area contributed by atoms with Crippen LogP contribution < -0.4 is 4.74 Å². The van der Waals surface area contributed by atoms with Crippen molar-refractivity contribution < 1.29 is 24.5 Å². The Morgan fingerprint density at radius 1 is 1.09 bits per heavy atom. The number of esters is 1. The zero-order chi connectivity index (χ0) is 16.1. The molecule has 0 aromatic heterocycles. The van der Waals surface area contributed by atoms with E-state index in [9.17, 15) is 15.0 Å². The number of aromatic hydroxyl groups is 1. The predicted octanol–water partition coefficient (Wildman–Crippen LogP) is 2.35. The van der Waals surface area contributed by atoms with Crippen LogP contribution in [0.3, 0.4) is 0 Å². The second kappa shape index (κ2) is 6.95. The minimum Gasteiger partial charge on any atom is -0.504 e. The van der Waals surface area contributed by atoms with Crippen LogP contribution in [0.5, 0.6) is 11.5 Å². The lowest BCUT2D eigenvalue weighted by Crippen LogP contribution is -2.33. The van der Waals surface area contributed by atoms with Gasteiger partial charge in [-0.15, -0.1) is 0 Å². The molecule has 2 aromatic rings. The smallest absolute Gasteiger partial charge is 0.339 e. The minimum absolute atomic E-state index is 0.0712. The quantitative estimate of drug-likeness (QED) is 0.829. The van der Waals surface area contributed by atoms with Gasteiger partial charge in [0.15, 0.2) is 23.7 Å². The SMILES string of the molecule is COC(=O)[C@@H](O)[C@H](Oc1ccccc1O)c1ccccc1C. The molecule has 22 heavy (non-hydrogen) atoms. The van der Waals surface area contributed by atoms with Crippen LogP contribution in [-0.4, -0.2) is 29.4 Å².